The van der Waals surface area contributed by atoms with Crippen LogP contribution in [0.3, 0.4) is 0 Å². The second kappa shape index (κ2) is 8.01. The lowest BCUT2D eigenvalue weighted by Gasteiger charge is -2.08. The van der Waals surface area contributed by atoms with Gasteiger partial charge in [0.2, 0.25) is 0 Å². The Hall–Kier alpha value is -3.53. The molecule has 4 aromatic rings. The smallest absolute Gasteiger partial charge is 0.287 e. The van der Waals surface area contributed by atoms with Gasteiger partial charge in [0.05, 0.1) is 0 Å². The predicted octanol–water partition coefficient (Wildman–Crippen LogP) is 5.25. The van der Waals surface area contributed by atoms with Crippen molar-refractivity contribution in [2.24, 2.45) is 0 Å². The van der Waals surface area contributed by atoms with Gasteiger partial charge in [-0.25, -0.2) is 0 Å². The van der Waals surface area contributed by atoms with Gasteiger partial charge < -0.3 is 14.5 Å². The van der Waals surface area contributed by atoms with E-state index in [2.05, 4.69) is 5.32 Å². The van der Waals surface area contributed by atoms with Gasteiger partial charge in [-0.15, -0.1) is 0 Å². The molecule has 1 amide bonds. The topological polar surface area (TPSA) is 51.5 Å². The van der Waals surface area contributed by atoms with E-state index in [1.54, 1.807) is 0 Å². The Bertz CT molecular complexity index is 1080. The van der Waals surface area contributed by atoms with Crippen LogP contribution < -0.4 is 10.1 Å². The van der Waals surface area contributed by atoms with Crippen LogP contribution in [-0.2, 0) is 13.2 Å². The highest BCUT2D eigenvalue weighted by Crippen LogP contribution is 2.27. The number of benzene rings is 3. The third kappa shape index (κ3) is 3.91. The number of carbonyl (C=O) groups excluding carboxylic acids is 1. The monoisotopic (exact) mass is 371 g/mol. The van der Waals surface area contributed by atoms with Gasteiger partial charge in [-0.1, -0.05) is 66.2 Å². The standard InChI is InChI=1S/C24H21NO3/c1-17-11-13-18(14-12-17)15-25-24(26)23-21(16-27-19-7-3-2-4-8-19)20-9-5-6-10-22(20)28-23/h2-14H,15-16H2,1H3,(H,25,26). The van der Waals surface area contributed by atoms with Crippen LogP contribution in [-0.4, -0.2) is 5.91 Å². The van der Waals surface area contributed by atoms with Crippen molar-refractivity contribution in [3.8, 4) is 5.75 Å². The molecule has 4 heteroatoms. The number of furan rings is 1. The van der Waals surface area contributed by atoms with E-state index in [9.17, 15) is 4.79 Å². The molecule has 3 aromatic carbocycles. The van der Waals surface area contributed by atoms with Gasteiger partial charge in [0.15, 0.2) is 5.76 Å². The van der Waals surface area contributed by atoms with E-state index < -0.39 is 0 Å². The number of rotatable bonds is 6. The minimum atomic E-state index is -0.247. The van der Waals surface area contributed by atoms with Crippen LogP contribution in [0.1, 0.15) is 27.2 Å². The summed E-state index contributed by atoms with van der Waals surface area (Å²) >= 11 is 0. The van der Waals surface area contributed by atoms with E-state index in [-0.39, 0.29) is 12.5 Å². The zero-order valence-electron chi connectivity index (χ0n) is 15.6. The summed E-state index contributed by atoms with van der Waals surface area (Å²) in [5, 5.41) is 3.83. The molecule has 0 unspecified atom stereocenters. The predicted molar refractivity (Wildman–Crippen MR) is 109 cm³/mol. The van der Waals surface area contributed by atoms with E-state index in [0.29, 0.717) is 17.9 Å². The highest BCUT2D eigenvalue weighted by Gasteiger charge is 2.20. The normalized spacial score (nSPS) is 10.8. The van der Waals surface area contributed by atoms with Crippen molar-refractivity contribution < 1.29 is 13.9 Å². The molecule has 4 nitrogen and oxygen atoms in total. The second-order valence-electron chi connectivity index (χ2n) is 6.68. The van der Waals surface area contributed by atoms with E-state index in [4.69, 9.17) is 9.15 Å². The molecule has 0 bridgehead atoms. The second-order valence-corrected chi connectivity index (χ2v) is 6.68. The van der Waals surface area contributed by atoms with Gasteiger partial charge in [0.25, 0.3) is 5.91 Å². The first-order valence-corrected chi connectivity index (χ1v) is 9.23. The highest BCUT2D eigenvalue weighted by atomic mass is 16.5. The van der Waals surface area contributed by atoms with Crippen LogP contribution in [0, 0.1) is 6.92 Å². The molecule has 0 fully saturated rings. The zero-order valence-corrected chi connectivity index (χ0v) is 15.6. The Morgan fingerprint density at radius 2 is 1.64 bits per heavy atom. The Morgan fingerprint density at radius 3 is 2.43 bits per heavy atom. The molecular formula is C24H21NO3. The molecule has 1 heterocycles. The van der Waals surface area contributed by atoms with Gasteiger partial charge in [0.1, 0.15) is 17.9 Å². The van der Waals surface area contributed by atoms with Gasteiger partial charge in [0, 0.05) is 17.5 Å². The van der Waals surface area contributed by atoms with Crippen molar-refractivity contribution >= 4 is 16.9 Å². The minimum Gasteiger partial charge on any atom is -0.489 e. The third-order valence-electron chi connectivity index (χ3n) is 4.60. The summed E-state index contributed by atoms with van der Waals surface area (Å²) in [7, 11) is 0. The fourth-order valence-corrected chi connectivity index (χ4v) is 3.07. The molecule has 4 rings (SSSR count). The van der Waals surface area contributed by atoms with Gasteiger partial charge >= 0.3 is 0 Å². The summed E-state index contributed by atoms with van der Waals surface area (Å²) in [6.07, 6.45) is 0. The number of nitrogens with one attached hydrogen (secondary N) is 1. The maximum Gasteiger partial charge on any atom is 0.287 e. The Labute approximate surface area is 163 Å². The molecule has 0 spiro atoms. The SMILES string of the molecule is Cc1ccc(CNC(=O)c2oc3ccccc3c2COc2ccccc2)cc1. The molecule has 28 heavy (non-hydrogen) atoms. The molecule has 0 aliphatic carbocycles. The molecule has 1 aromatic heterocycles. The first kappa shape index (κ1) is 17.9. The highest BCUT2D eigenvalue weighted by molar-refractivity contribution is 5.99. The van der Waals surface area contributed by atoms with E-state index in [1.807, 2.05) is 85.8 Å². The van der Waals surface area contributed by atoms with E-state index in [0.717, 1.165) is 22.3 Å². The van der Waals surface area contributed by atoms with Crippen molar-refractivity contribution in [1.29, 1.82) is 0 Å². The van der Waals surface area contributed by atoms with Gasteiger partial charge in [-0.05, 0) is 30.7 Å². The average molecular weight is 371 g/mol. The lowest BCUT2D eigenvalue weighted by molar-refractivity contribution is 0.0922. The minimum absolute atomic E-state index is 0.247. The summed E-state index contributed by atoms with van der Waals surface area (Å²) in [4.78, 5) is 12.8. The van der Waals surface area contributed by atoms with Crippen LogP contribution in [0.25, 0.3) is 11.0 Å². The zero-order chi connectivity index (χ0) is 19.3. The molecule has 140 valence electrons. The van der Waals surface area contributed by atoms with Crippen molar-refractivity contribution in [1.82, 2.24) is 5.32 Å². The molecule has 0 radical (unpaired) electrons. The number of hydrogen-bond acceptors (Lipinski definition) is 3. The lowest BCUT2D eigenvalue weighted by Crippen LogP contribution is -2.23. The van der Waals surface area contributed by atoms with Crippen LogP contribution in [0.2, 0.25) is 0 Å². The van der Waals surface area contributed by atoms with Crippen LogP contribution >= 0.6 is 0 Å². The number of para-hydroxylation sites is 2. The number of ether oxygens (including phenoxy) is 1. The summed E-state index contributed by atoms with van der Waals surface area (Å²) in [5.41, 5.74) is 3.65. The van der Waals surface area contributed by atoms with Crippen molar-refractivity contribution in [3.63, 3.8) is 0 Å². The van der Waals surface area contributed by atoms with Crippen molar-refractivity contribution in [2.45, 2.75) is 20.1 Å². The Balaban J connectivity index is 1.56. The summed E-state index contributed by atoms with van der Waals surface area (Å²) in [5.74, 6) is 0.798. The molecule has 0 saturated heterocycles. The Kier molecular flexibility index (Phi) is 5.11. The van der Waals surface area contributed by atoms with Crippen molar-refractivity contribution in [3.05, 3.63) is 101 Å². The number of amides is 1. The number of fused-ring (bicyclic) bond motifs is 1. The first-order chi connectivity index (χ1) is 13.7. The molecule has 0 aliphatic heterocycles. The number of hydrogen-bond donors (Lipinski definition) is 1. The number of aryl methyl sites for hydroxylation is 1. The Morgan fingerprint density at radius 1 is 0.929 bits per heavy atom. The lowest BCUT2D eigenvalue weighted by atomic mass is 10.1. The molecular weight excluding hydrogens is 350 g/mol. The summed E-state index contributed by atoms with van der Waals surface area (Å²) in [6.45, 7) is 2.74. The largest absolute Gasteiger partial charge is 0.489 e. The fraction of sp³-hybridized carbons (Fsp3) is 0.125. The van der Waals surface area contributed by atoms with Crippen LogP contribution in [0.15, 0.2) is 83.3 Å². The number of carbonyl (C=O) groups is 1. The van der Waals surface area contributed by atoms with Crippen LogP contribution in [0.4, 0.5) is 0 Å². The molecule has 0 saturated carbocycles. The quantitative estimate of drug-likeness (QED) is 0.504. The third-order valence-corrected chi connectivity index (χ3v) is 4.60. The molecule has 0 aliphatic rings. The molecule has 0 atom stereocenters. The van der Waals surface area contributed by atoms with E-state index in [1.165, 1.54) is 5.56 Å². The van der Waals surface area contributed by atoms with Crippen molar-refractivity contribution in [2.75, 3.05) is 0 Å². The maximum absolute atomic E-state index is 12.8. The average Bonchev–Trinajstić information content (AvgIpc) is 3.11. The molecule has 1 N–H and O–H groups in total. The summed E-state index contributed by atoms with van der Waals surface area (Å²) < 4.78 is 11.8. The van der Waals surface area contributed by atoms with Gasteiger partial charge in [-0.2, -0.15) is 0 Å². The fourth-order valence-electron chi connectivity index (χ4n) is 3.07. The van der Waals surface area contributed by atoms with E-state index >= 15 is 0 Å². The maximum atomic E-state index is 12.8. The van der Waals surface area contributed by atoms with Crippen LogP contribution in [0.5, 0.6) is 5.75 Å². The van der Waals surface area contributed by atoms with Gasteiger partial charge in [-0.3, -0.25) is 4.79 Å². The first-order valence-electron chi connectivity index (χ1n) is 9.23. The summed E-state index contributed by atoms with van der Waals surface area (Å²) in [6, 6.07) is 25.2.